The second-order valence-electron chi connectivity index (χ2n) is 6.75. The maximum Gasteiger partial charge on any atom is 0.160 e. The highest BCUT2D eigenvalue weighted by molar-refractivity contribution is 5.71. The fraction of sp³-hybridized carbons (Fsp3) is 0.400. The number of benzene rings is 1. The molecular weight excluding hydrogens is 312 g/mol. The molecule has 3 heterocycles. The second kappa shape index (κ2) is 7.33. The Morgan fingerprint density at radius 1 is 1.08 bits per heavy atom. The van der Waals surface area contributed by atoms with E-state index in [1.165, 1.54) is 24.8 Å². The lowest BCUT2D eigenvalue weighted by Gasteiger charge is -2.36. The van der Waals surface area contributed by atoms with Crippen LogP contribution in [0.5, 0.6) is 0 Å². The molecule has 0 bridgehead atoms. The fourth-order valence-electron chi connectivity index (χ4n) is 3.82. The number of hydrogen-bond donors (Lipinski definition) is 1. The van der Waals surface area contributed by atoms with E-state index in [0.717, 1.165) is 30.8 Å². The average molecular weight is 336 g/mol. The van der Waals surface area contributed by atoms with Gasteiger partial charge < -0.3 is 9.67 Å². The highest BCUT2D eigenvalue weighted by Crippen LogP contribution is 2.23. The van der Waals surface area contributed by atoms with Crippen LogP contribution in [-0.2, 0) is 19.7 Å². The average Bonchev–Trinajstić information content (AvgIpc) is 3.02. The lowest BCUT2D eigenvalue weighted by molar-refractivity contribution is 0.123. The van der Waals surface area contributed by atoms with Crippen molar-refractivity contribution in [1.29, 1.82) is 0 Å². The molecule has 0 spiro atoms. The summed E-state index contributed by atoms with van der Waals surface area (Å²) in [5.74, 6) is 0.707. The third-order valence-corrected chi connectivity index (χ3v) is 5.10. The maximum atomic E-state index is 9.73. The van der Waals surface area contributed by atoms with Gasteiger partial charge in [-0.05, 0) is 37.1 Å². The number of aliphatic hydroxyl groups is 1. The number of rotatable bonds is 5. The zero-order valence-electron chi connectivity index (χ0n) is 14.4. The molecule has 5 nitrogen and oxygen atoms in total. The molecule has 0 saturated carbocycles. The van der Waals surface area contributed by atoms with Crippen LogP contribution < -0.4 is 0 Å². The van der Waals surface area contributed by atoms with Crippen LogP contribution in [0.3, 0.4) is 0 Å². The molecule has 1 aromatic carbocycles. The van der Waals surface area contributed by atoms with Crippen LogP contribution >= 0.6 is 0 Å². The quantitative estimate of drug-likeness (QED) is 0.778. The smallest absolute Gasteiger partial charge is 0.160 e. The third kappa shape index (κ3) is 3.43. The largest absolute Gasteiger partial charge is 0.388 e. The van der Waals surface area contributed by atoms with Gasteiger partial charge in [0, 0.05) is 25.3 Å². The van der Waals surface area contributed by atoms with Gasteiger partial charge in [-0.15, -0.1) is 0 Å². The predicted octanol–water partition coefficient (Wildman–Crippen LogP) is 2.98. The second-order valence-corrected chi connectivity index (χ2v) is 6.75. The molecule has 0 aliphatic carbocycles. The fourth-order valence-corrected chi connectivity index (χ4v) is 3.82. The number of nitrogens with zero attached hydrogens (tertiary/aromatic N) is 4. The first-order valence-electron chi connectivity index (χ1n) is 9.04. The standard InChI is InChI=1S/C20H24N4O/c25-15-19-22-18-10-6-11-21-20(18)24(19)14-17-9-4-5-12-23(17)13-16-7-2-1-3-8-16/h1-3,6-8,10-11,17,25H,4-5,9,12-15H2. The Morgan fingerprint density at radius 3 is 2.80 bits per heavy atom. The summed E-state index contributed by atoms with van der Waals surface area (Å²) in [6.45, 7) is 2.87. The topological polar surface area (TPSA) is 54.2 Å². The maximum absolute atomic E-state index is 9.73. The van der Waals surface area contributed by atoms with E-state index in [0.29, 0.717) is 11.9 Å². The van der Waals surface area contributed by atoms with E-state index in [1.807, 2.05) is 12.1 Å². The molecule has 1 fully saturated rings. The van der Waals surface area contributed by atoms with Crippen molar-refractivity contribution < 1.29 is 5.11 Å². The molecule has 1 unspecified atom stereocenters. The van der Waals surface area contributed by atoms with Gasteiger partial charge in [0.2, 0.25) is 0 Å². The van der Waals surface area contributed by atoms with E-state index in [1.54, 1.807) is 6.20 Å². The first-order chi connectivity index (χ1) is 12.3. The number of fused-ring (bicyclic) bond motifs is 1. The van der Waals surface area contributed by atoms with Crippen molar-refractivity contribution in [3.8, 4) is 0 Å². The molecule has 2 aromatic heterocycles. The zero-order valence-corrected chi connectivity index (χ0v) is 14.4. The van der Waals surface area contributed by atoms with E-state index in [9.17, 15) is 5.11 Å². The summed E-state index contributed by atoms with van der Waals surface area (Å²) < 4.78 is 2.10. The molecule has 1 atom stereocenters. The SMILES string of the molecule is OCc1nc2cccnc2n1CC1CCCCN1Cc1ccccc1. The Labute approximate surface area is 147 Å². The van der Waals surface area contributed by atoms with Gasteiger partial charge in [0.05, 0.1) is 0 Å². The lowest BCUT2D eigenvalue weighted by Crippen LogP contribution is -2.41. The monoisotopic (exact) mass is 336 g/mol. The highest BCUT2D eigenvalue weighted by Gasteiger charge is 2.24. The zero-order chi connectivity index (χ0) is 17.1. The van der Waals surface area contributed by atoms with Gasteiger partial charge in [0.1, 0.15) is 17.9 Å². The van der Waals surface area contributed by atoms with E-state index < -0.39 is 0 Å². The van der Waals surface area contributed by atoms with E-state index >= 15 is 0 Å². The summed E-state index contributed by atoms with van der Waals surface area (Å²) in [5, 5.41) is 9.73. The molecule has 1 aliphatic rings. The van der Waals surface area contributed by atoms with Gasteiger partial charge in [0.25, 0.3) is 0 Å². The Morgan fingerprint density at radius 2 is 1.96 bits per heavy atom. The predicted molar refractivity (Wildman–Crippen MR) is 97.9 cm³/mol. The van der Waals surface area contributed by atoms with E-state index in [-0.39, 0.29) is 6.61 Å². The Kier molecular flexibility index (Phi) is 4.76. The van der Waals surface area contributed by atoms with Crippen LogP contribution in [-0.4, -0.2) is 37.1 Å². The van der Waals surface area contributed by atoms with Crippen LogP contribution in [0.15, 0.2) is 48.7 Å². The number of aliphatic hydroxyl groups excluding tert-OH is 1. The summed E-state index contributed by atoms with van der Waals surface area (Å²) in [6.07, 6.45) is 5.47. The minimum atomic E-state index is -0.0538. The van der Waals surface area contributed by atoms with Crippen molar-refractivity contribution >= 4 is 11.2 Å². The summed E-state index contributed by atoms with van der Waals surface area (Å²) in [6, 6.07) is 14.9. The van der Waals surface area contributed by atoms with Gasteiger partial charge >= 0.3 is 0 Å². The van der Waals surface area contributed by atoms with Crippen molar-refractivity contribution in [3.63, 3.8) is 0 Å². The van der Waals surface area contributed by atoms with Gasteiger partial charge in [-0.25, -0.2) is 9.97 Å². The molecule has 0 radical (unpaired) electrons. The molecule has 1 N–H and O–H groups in total. The molecule has 4 rings (SSSR count). The molecule has 0 amide bonds. The van der Waals surface area contributed by atoms with E-state index in [2.05, 4.69) is 49.8 Å². The molecule has 3 aromatic rings. The molecular formula is C20H24N4O. The van der Waals surface area contributed by atoms with Crippen LogP contribution in [0, 0.1) is 0 Å². The number of piperidine rings is 1. The van der Waals surface area contributed by atoms with Gasteiger partial charge in [-0.3, -0.25) is 4.90 Å². The molecule has 5 heteroatoms. The van der Waals surface area contributed by atoms with Gasteiger partial charge in [-0.1, -0.05) is 36.8 Å². The van der Waals surface area contributed by atoms with Crippen molar-refractivity contribution in [3.05, 3.63) is 60.0 Å². The number of pyridine rings is 1. The number of hydrogen-bond acceptors (Lipinski definition) is 4. The van der Waals surface area contributed by atoms with Gasteiger partial charge in [-0.2, -0.15) is 0 Å². The summed E-state index contributed by atoms with van der Waals surface area (Å²) in [7, 11) is 0. The summed E-state index contributed by atoms with van der Waals surface area (Å²) in [5.41, 5.74) is 3.08. The summed E-state index contributed by atoms with van der Waals surface area (Å²) >= 11 is 0. The summed E-state index contributed by atoms with van der Waals surface area (Å²) in [4.78, 5) is 11.6. The van der Waals surface area contributed by atoms with Crippen LogP contribution in [0.25, 0.3) is 11.2 Å². The molecule has 1 saturated heterocycles. The third-order valence-electron chi connectivity index (χ3n) is 5.10. The van der Waals surface area contributed by atoms with Crippen molar-refractivity contribution in [2.75, 3.05) is 6.54 Å². The minimum absolute atomic E-state index is 0.0538. The lowest BCUT2D eigenvalue weighted by atomic mass is 10.0. The van der Waals surface area contributed by atoms with Crippen molar-refractivity contribution in [2.45, 2.75) is 45.0 Å². The first-order valence-corrected chi connectivity index (χ1v) is 9.04. The van der Waals surface area contributed by atoms with Crippen LogP contribution in [0.4, 0.5) is 0 Å². The number of imidazole rings is 1. The Bertz CT molecular complexity index is 830. The van der Waals surface area contributed by atoms with Crippen LogP contribution in [0.2, 0.25) is 0 Å². The van der Waals surface area contributed by atoms with Crippen LogP contribution in [0.1, 0.15) is 30.7 Å². The normalized spacial score (nSPS) is 18.7. The van der Waals surface area contributed by atoms with Gasteiger partial charge in [0.15, 0.2) is 5.65 Å². The Balaban J connectivity index is 1.59. The first kappa shape index (κ1) is 16.2. The minimum Gasteiger partial charge on any atom is -0.388 e. The van der Waals surface area contributed by atoms with E-state index in [4.69, 9.17) is 0 Å². The number of likely N-dealkylation sites (tertiary alicyclic amines) is 1. The highest BCUT2D eigenvalue weighted by atomic mass is 16.3. The van der Waals surface area contributed by atoms with Crippen molar-refractivity contribution in [1.82, 2.24) is 19.4 Å². The number of aromatic nitrogens is 3. The molecule has 1 aliphatic heterocycles. The van der Waals surface area contributed by atoms with Crippen molar-refractivity contribution in [2.24, 2.45) is 0 Å². The Hall–Kier alpha value is -2.24. The molecule has 130 valence electrons. The molecule has 25 heavy (non-hydrogen) atoms.